The van der Waals surface area contributed by atoms with Crippen LogP contribution in [0, 0.1) is 11.9 Å². The van der Waals surface area contributed by atoms with Gasteiger partial charge in [0, 0.05) is 0 Å². The lowest BCUT2D eigenvalue weighted by atomic mass is 9.84. The van der Waals surface area contributed by atoms with E-state index >= 15 is 0 Å². The van der Waals surface area contributed by atoms with Gasteiger partial charge in [-0.3, -0.25) is 0 Å². The Morgan fingerprint density at radius 2 is 2.21 bits per heavy atom. The smallest absolute Gasteiger partial charge is 0.256 e. The third-order valence-corrected chi connectivity index (χ3v) is 2.85. The predicted octanol–water partition coefficient (Wildman–Crippen LogP) is 3.16. The van der Waals surface area contributed by atoms with Gasteiger partial charge in [0.2, 0.25) is 0 Å². The van der Waals surface area contributed by atoms with Gasteiger partial charge in [-0.15, -0.1) is 0 Å². The minimum atomic E-state index is -0.543. The molecule has 2 rings (SSSR count). The average Bonchev–Trinajstić information content (AvgIpc) is 2.06. The van der Waals surface area contributed by atoms with E-state index in [-0.39, 0.29) is 11.9 Å². The number of hydrogen-bond acceptors (Lipinski definition) is 2. The molecule has 1 heterocycles. The summed E-state index contributed by atoms with van der Waals surface area (Å²) in [5, 5.41) is 0. The molecule has 0 bridgehead atoms. The van der Waals surface area contributed by atoms with Crippen LogP contribution in [0.3, 0.4) is 0 Å². The van der Waals surface area contributed by atoms with Crippen LogP contribution in [-0.2, 0) is 0 Å². The molecule has 0 saturated heterocycles. The first-order valence-electron chi connectivity index (χ1n) is 4.64. The monoisotopic (exact) mass is 259 g/mol. The predicted molar refractivity (Wildman–Crippen MR) is 54.7 cm³/mol. The highest BCUT2D eigenvalue weighted by Gasteiger charge is 2.27. The van der Waals surface area contributed by atoms with Crippen molar-refractivity contribution in [2.24, 2.45) is 5.92 Å². The van der Waals surface area contributed by atoms with Gasteiger partial charge in [0.25, 0.3) is 5.95 Å². The van der Waals surface area contributed by atoms with E-state index in [2.05, 4.69) is 27.8 Å². The van der Waals surface area contributed by atoms with Gasteiger partial charge in [0.15, 0.2) is 5.75 Å². The van der Waals surface area contributed by atoms with Crippen LogP contribution in [0.5, 0.6) is 5.75 Å². The maximum absolute atomic E-state index is 13.2. The maximum atomic E-state index is 13.2. The van der Waals surface area contributed by atoms with Crippen LogP contribution < -0.4 is 4.74 Å². The molecule has 1 saturated carbocycles. The molecule has 0 aromatic carbocycles. The van der Waals surface area contributed by atoms with E-state index in [0.29, 0.717) is 10.5 Å². The molecule has 0 spiro atoms. The van der Waals surface area contributed by atoms with Gasteiger partial charge in [-0.1, -0.05) is 6.92 Å². The molecule has 14 heavy (non-hydrogen) atoms. The number of nitrogens with zero attached hydrogens (tertiary/aromatic N) is 1. The fraction of sp³-hybridized carbons (Fsp3) is 0.500. The topological polar surface area (TPSA) is 22.1 Å². The standard InChI is InChI=1S/C10H11BrFNO/c1-6-4-7(5-6)14-8-2-3-9(11)13-10(8)12/h2-3,6-7H,4-5H2,1H3. The van der Waals surface area contributed by atoms with E-state index in [9.17, 15) is 4.39 Å². The summed E-state index contributed by atoms with van der Waals surface area (Å²) in [7, 11) is 0. The minimum absolute atomic E-state index is 0.169. The third kappa shape index (κ3) is 2.05. The van der Waals surface area contributed by atoms with Crippen molar-refractivity contribution in [2.45, 2.75) is 25.9 Å². The molecule has 2 nitrogen and oxygen atoms in total. The second-order valence-corrected chi connectivity index (χ2v) is 4.55. The Kier molecular flexibility index (Phi) is 2.72. The van der Waals surface area contributed by atoms with E-state index in [1.165, 1.54) is 0 Å². The molecule has 4 heteroatoms. The molecule has 1 aliphatic carbocycles. The number of ether oxygens (including phenoxy) is 1. The zero-order valence-electron chi connectivity index (χ0n) is 7.84. The third-order valence-electron chi connectivity index (χ3n) is 2.40. The van der Waals surface area contributed by atoms with E-state index in [1.807, 2.05) is 0 Å². The Bertz CT molecular complexity index is 339. The van der Waals surface area contributed by atoms with Crippen molar-refractivity contribution >= 4 is 15.9 Å². The second-order valence-electron chi connectivity index (χ2n) is 3.74. The molecule has 0 radical (unpaired) electrons. The minimum Gasteiger partial charge on any atom is -0.486 e. The fourth-order valence-electron chi connectivity index (χ4n) is 1.59. The zero-order valence-corrected chi connectivity index (χ0v) is 9.42. The lowest BCUT2D eigenvalue weighted by Gasteiger charge is -2.32. The van der Waals surface area contributed by atoms with Gasteiger partial charge < -0.3 is 4.74 Å². The molecule has 0 unspecified atom stereocenters. The Hall–Kier alpha value is -0.640. The Morgan fingerprint density at radius 1 is 1.50 bits per heavy atom. The van der Waals surface area contributed by atoms with Crippen LogP contribution in [0.2, 0.25) is 0 Å². The van der Waals surface area contributed by atoms with Crippen LogP contribution >= 0.6 is 15.9 Å². The first-order valence-corrected chi connectivity index (χ1v) is 5.43. The molecular weight excluding hydrogens is 249 g/mol. The van der Waals surface area contributed by atoms with Crippen LogP contribution in [0.4, 0.5) is 4.39 Å². The maximum Gasteiger partial charge on any atom is 0.256 e. The van der Waals surface area contributed by atoms with Crippen molar-refractivity contribution in [1.29, 1.82) is 0 Å². The molecule has 1 fully saturated rings. The molecule has 0 N–H and O–H groups in total. The number of hydrogen-bond donors (Lipinski definition) is 0. The van der Waals surface area contributed by atoms with Gasteiger partial charge in [-0.25, -0.2) is 4.98 Å². The van der Waals surface area contributed by atoms with Gasteiger partial charge in [0.1, 0.15) is 4.60 Å². The summed E-state index contributed by atoms with van der Waals surface area (Å²) in [5.41, 5.74) is 0. The van der Waals surface area contributed by atoms with Crippen molar-refractivity contribution in [3.63, 3.8) is 0 Å². The van der Waals surface area contributed by atoms with Crippen LogP contribution in [0.15, 0.2) is 16.7 Å². The molecule has 0 atom stereocenters. The van der Waals surface area contributed by atoms with Gasteiger partial charge in [-0.2, -0.15) is 4.39 Å². The van der Waals surface area contributed by atoms with Crippen LogP contribution in [-0.4, -0.2) is 11.1 Å². The summed E-state index contributed by atoms with van der Waals surface area (Å²) in [6, 6.07) is 3.29. The molecule has 0 aliphatic heterocycles. The Balaban J connectivity index is 2.02. The SMILES string of the molecule is CC1CC(Oc2ccc(Br)nc2F)C1. The highest BCUT2D eigenvalue weighted by Crippen LogP contribution is 2.31. The number of pyridine rings is 1. The van der Waals surface area contributed by atoms with E-state index in [4.69, 9.17) is 4.74 Å². The summed E-state index contributed by atoms with van der Waals surface area (Å²) in [5.74, 6) is 0.412. The van der Waals surface area contributed by atoms with Crippen LogP contribution in [0.25, 0.3) is 0 Å². The van der Waals surface area contributed by atoms with E-state index in [1.54, 1.807) is 12.1 Å². The van der Waals surface area contributed by atoms with Gasteiger partial charge in [-0.05, 0) is 46.8 Å². The van der Waals surface area contributed by atoms with Crippen molar-refractivity contribution in [2.75, 3.05) is 0 Å². The van der Waals surface area contributed by atoms with Crippen molar-refractivity contribution in [1.82, 2.24) is 4.98 Å². The van der Waals surface area contributed by atoms with E-state index in [0.717, 1.165) is 12.8 Å². The quantitative estimate of drug-likeness (QED) is 0.762. The molecule has 1 aromatic heterocycles. The highest BCUT2D eigenvalue weighted by atomic mass is 79.9. The van der Waals surface area contributed by atoms with E-state index < -0.39 is 5.95 Å². The highest BCUT2D eigenvalue weighted by molar-refractivity contribution is 9.10. The summed E-state index contributed by atoms with van der Waals surface area (Å²) in [4.78, 5) is 3.63. The molecule has 0 amide bonds. The summed E-state index contributed by atoms with van der Waals surface area (Å²) >= 11 is 3.10. The molecule has 1 aromatic rings. The summed E-state index contributed by atoms with van der Waals surface area (Å²) in [6.45, 7) is 2.16. The first-order chi connectivity index (χ1) is 6.65. The fourth-order valence-corrected chi connectivity index (χ4v) is 1.88. The molecular formula is C10H11BrFNO. The molecule has 1 aliphatic rings. The average molecular weight is 260 g/mol. The number of halogens is 2. The summed E-state index contributed by atoms with van der Waals surface area (Å²) in [6.07, 6.45) is 2.19. The number of aromatic nitrogens is 1. The van der Waals surface area contributed by atoms with Crippen molar-refractivity contribution < 1.29 is 9.13 Å². The summed E-state index contributed by atoms with van der Waals surface area (Å²) < 4.78 is 19.1. The molecule has 76 valence electrons. The lowest BCUT2D eigenvalue weighted by Crippen LogP contribution is -2.32. The second kappa shape index (κ2) is 3.85. The van der Waals surface area contributed by atoms with Crippen molar-refractivity contribution in [3.05, 3.63) is 22.7 Å². The van der Waals surface area contributed by atoms with Crippen molar-refractivity contribution in [3.8, 4) is 5.75 Å². The lowest BCUT2D eigenvalue weighted by molar-refractivity contribution is 0.0691. The first kappa shape index (κ1) is 9.90. The van der Waals surface area contributed by atoms with Crippen LogP contribution in [0.1, 0.15) is 19.8 Å². The van der Waals surface area contributed by atoms with Gasteiger partial charge >= 0.3 is 0 Å². The zero-order chi connectivity index (χ0) is 10.1. The normalized spacial score (nSPS) is 25.6. The largest absolute Gasteiger partial charge is 0.486 e. The van der Waals surface area contributed by atoms with Gasteiger partial charge in [0.05, 0.1) is 6.10 Å². The Morgan fingerprint density at radius 3 is 2.79 bits per heavy atom. The number of rotatable bonds is 2. The Labute approximate surface area is 90.6 Å².